The maximum atomic E-state index is 14.2. The number of piperazine rings is 1. The van der Waals surface area contributed by atoms with Gasteiger partial charge in [0.05, 0.1) is 16.3 Å². The maximum Gasteiger partial charge on any atom is 0.243 e. The first-order valence-electron chi connectivity index (χ1n) is 7.69. The summed E-state index contributed by atoms with van der Waals surface area (Å²) in [6.07, 6.45) is 0.393. The third-order valence-electron chi connectivity index (χ3n) is 3.65. The predicted molar refractivity (Wildman–Crippen MR) is 97.6 cm³/mol. The van der Waals surface area contributed by atoms with E-state index in [1.807, 2.05) is 6.92 Å². The molecule has 0 aromatic heterocycles. The van der Waals surface area contributed by atoms with E-state index in [9.17, 15) is 21.2 Å². The Balaban J connectivity index is 0.00000312. The van der Waals surface area contributed by atoms with Crippen LogP contribution in [0.25, 0.3) is 0 Å². The van der Waals surface area contributed by atoms with Gasteiger partial charge in [0, 0.05) is 25.7 Å². The van der Waals surface area contributed by atoms with E-state index < -0.39 is 25.9 Å². The number of benzene rings is 1. The van der Waals surface area contributed by atoms with Crippen LogP contribution in [0.15, 0.2) is 23.1 Å². The fourth-order valence-electron chi connectivity index (χ4n) is 2.49. The molecule has 1 saturated heterocycles. The lowest BCUT2D eigenvalue weighted by Crippen LogP contribution is -2.51. The van der Waals surface area contributed by atoms with Crippen molar-refractivity contribution in [2.75, 3.05) is 30.1 Å². The molecule has 0 saturated carbocycles. The third-order valence-corrected chi connectivity index (χ3v) is 6.99. The van der Waals surface area contributed by atoms with Crippen molar-refractivity contribution in [1.29, 1.82) is 0 Å². The van der Waals surface area contributed by atoms with Crippen LogP contribution in [-0.4, -0.2) is 52.6 Å². The Hall–Kier alpha value is -0.940. The van der Waals surface area contributed by atoms with E-state index in [0.717, 1.165) is 12.1 Å². The van der Waals surface area contributed by atoms with Crippen molar-refractivity contribution in [3.05, 3.63) is 24.0 Å². The standard InChI is InChI=1S/C14H22FN3O4S2.ClH/c1-3-8-23(19,20)17-14-5-4-12(9-13(14)15)24(21,22)18-7-6-16-11(2)10-18;/h4-5,9,11,16-17H,3,6-8,10H2,1-2H3;1H. The van der Waals surface area contributed by atoms with E-state index in [4.69, 9.17) is 0 Å². The summed E-state index contributed by atoms with van der Waals surface area (Å²) in [6, 6.07) is 3.22. The predicted octanol–water partition coefficient (Wildman–Crippen LogP) is 1.38. The quantitative estimate of drug-likeness (QED) is 0.731. The monoisotopic (exact) mass is 415 g/mol. The van der Waals surface area contributed by atoms with Gasteiger partial charge in [-0.2, -0.15) is 4.31 Å². The fraction of sp³-hybridized carbons (Fsp3) is 0.571. The molecule has 25 heavy (non-hydrogen) atoms. The van der Waals surface area contributed by atoms with E-state index in [2.05, 4.69) is 10.0 Å². The Morgan fingerprint density at radius 1 is 1.32 bits per heavy atom. The number of sulfonamides is 2. The highest BCUT2D eigenvalue weighted by Gasteiger charge is 2.29. The van der Waals surface area contributed by atoms with Gasteiger partial charge in [-0.1, -0.05) is 6.92 Å². The lowest BCUT2D eigenvalue weighted by Gasteiger charge is -2.31. The first-order valence-corrected chi connectivity index (χ1v) is 10.8. The van der Waals surface area contributed by atoms with Crippen molar-refractivity contribution in [3.63, 3.8) is 0 Å². The summed E-state index contributed by atoms with van der Waals surface area (Å²) in [6.45, 7) is 4.69. The molecule has 1 aromatic rings. The molecular weight excluding hydrogens is 393 g/mol. The molecule has 1 aliphatic heterocycles. The van der Waals surface area contributed by atoms with Gasteiger partial charge in [-0.3, -0.25) is 4.72 Å². The summed E-state index contributed by atoms with van der Waals surface area (Å²) in [7, 11) is -7.45. The molecular formula is C14H23ClFN3O4S2. The Labute approximate surface area is 154 Å². The highest BCUT2D eigenvalue weighted by atomic mass is 35.5. The van der Waals surface area contributed by atoms with Crippen molar-refractivity contribution in [2.45, 2.75) is 31.2 Å². The lowest BCUT2D eigenvalue weighted by atomic mass is 10.3. The van der Waals surface area contributed by atoms with Gasteiger partial charge in [0.25, 0.3) is 0 Å². The topological polar surface area (TPSA) is 95.6 Å². The van der Waals surface area contributed by atoms with Gasteiger partial charge in [-0.05, 0) is 31.5 Å². The molecule has 144 valence electrons. The molecule has 0 aliphatic carbocycles. The van der Waals surface area contributed by atoms with Gasteiger partial charge in [0.2, 0.25) is 20.0 Å². The van der Waals surface area contributed by atoms with Gasteiger partial charge < -0.3 is 5.32 Å². The second-order valence-electron chi connectivity index (χ2n) is 5.78. The second kappa shape index (κ2) is 8.63. The normalized spacial score (nSPS) is 19.2. The highest BCUT2D eigenvalue weighted by molar-refractivity contribution is 7.92. The van der Waals surface area contributed by atoms with Crippen LogP contribution < -0.4 is 10.0 Å². The first-order chi connectivity index (χ1) is 11.2. The van der Waals surface area contributed by atoms with Crippen molar-refractivity contribution < 1.29 is 21.2 Å². The van der Waals surface area contributed by atoms with Crippen LogP contribution >= 0.6 is 12.4 Å². The van der Waals surface area contributed by atoms with E-state index >= 15 is 0 Å². The fourth-order valence-corrected chi connectivity index (χ4v) is 5.17. The summed E-state index contributed by atoms with van der Waals surface area (Å²) in [5, 5.41) is 3.14. The highest BCUT2D eigenvalue weighted by Crippen LogP contribution is 2.23. The molecule has 1 unspecified atom stereocenters. The lowest BCUT2D eigenvalue weighted by molar-refractivity contribution is 0.310. The van der Waals surface area contributed by atoms with Crippen molar-refractivity contribution in [1.82, 2.24) is 9.62 Å². The minimum absolute atomic E-state index is 0. The molecule has 0 spiro atoms. The molecule has 7 nitrogen and oxygen atoms in total. The second-order valence-corrected chi connectivity index (χ2v) is 9.56. The number of anilines is 1. The molecule has 2 N–H and O–H groups in total. The van der Waals surface area contributed by atoms with Crippen LogP contribution in [0.2, 0.25) is 0 Å². The number of hydrogen-bond donors (Lipinski definition) is 2. The Morgan fingerprint density at radius 2 is 2.00 bits per heavy atom. The van der Waals surface area contributed by atoms with Crippen molar-refractivity contribution in [2.24, 2.45) is 0 Å². The van der Waals surface area contributed by atoms with Crippen LogP contribution in [-0.2, 0) is 20.0 Å². The van der Waals surface area contributed by atoms with E-state index in [-0.39, 0.29) is 34.8 Å². The van der Waals surface area contributed by atoms with Gasteiger partial charge >= 0.3 is 0 Å². The minimum atomic E-state index is -3.81. The molecule has 2 rings (SSSR count). The summed E-state index contributed by atoms with van der Waals surface area (Å²) in [5.41, 5.74) is -0.254. The van der Waals surface area contributed by atoms with Gasteiger partial charge in [0.1, 0.15) is 5.82 Å². The number of halogens is 2. The average molecular weight is 416 g/mol. The van der Waals surface area contributed by atoms with Gasteiger partial charge in [0.15, 0.2) is 0 Å². The molecule has 0 bridgehead atoms. The van der Waals surface area contributed by atoms with E-state index in [1.54, 1.807) is 6.92 Å². The number of nitrogens with zero attached hydrogens (tertiary/aromatic N) is 1. The van der Waals surface area contributed by atoms with Crippen LogP contribution in [0.1, 0.15) is 20.3 Å². The third kappa shape index (κ3) is 5.52. The Kier molecular flexibility index (Phi) is 7.63. The van der Waals surface area contributed by atoms with Crippen LogP contribution in [0.4, 0.5) is 10.1 Å². The molecule has 1 aromatic carbocycles. The van der Waals surface area contributed by atoms with Gasteiger partial charge in [-0.25, -0.2) is 21.2 Å². The van der Waals surface area contributed by atoms with E-state index in [1.165, 1.54) is 10.4 Å². The summed E-state index contributed by atoms with van der Waals surface area (Å²) >= 11 is 0. The smallest absolute Gasteiger partial charge is 0.243 e. The molecule has 0 radical (unpaired) electrons. The Bertz CT molecular complexity index is 802. The molecule has 1 atom stereocenters. The zero-order valence-corrected chi connectivity index (χ0v) is 16.5. The summed E-state index contributed by atoms with van der Waals surface area (Å²) in [4.78, 5) is -0.187. The zero-order chi connectivity index (χ0) is 18.0. The van der Waals surface area contributed by atoms with Crippen molar-refractivity contribution >= 4 is 38.1 Å². The summed E-state index contributed by atoms with van der Waals surface area (Å²) in [5.74, 6) is -1.05. The van der Waals surface area contributed by atoms with Crippen LogP contribution in [0.3, 0.4) is 0 Å². The number of hydrogen-bond acceptors (Lipinski definition) is 5. The Morgan fingerprint density at radius 3 is 2.56 bits per heavy atom. The van der Waals surface area contributed by atoms with Gasteiger partial charge in [-0.15, -0.1) is 12.4 Å². The zero-order valence-electron chi connectivity index (χ0n) is 14.0. The molecule has 1 heterocycles. The molecule has 0 amide bonds. The largest absolute Gasteiger partial charge is 0.312 e. The minimum Gasteiger partial charge on any atom is -0.312 e. The number of rotatable bonds is 6. The molecule has 1 aliphatic rings. The molecule has 11 heteroatoms. The first kappa shape index (κ1) is 22.1. The number of nitrogens with one attached hydrogen (secondary N) is 2. The average Bonchev–Trinajstić information content (AvgIpc) is 2.49. The van der Waals surface area contributed by atoms with Crippen LogP contribution in [0.5, 0.6) is 0 Å². The SMILES string of the molecule is CCCS(=O)(=O)Nc1ccc(S(=O)(=O)N2CCNC(C)C2)cc1F.Cl. The maximum absolute atomic E-state index is 14.2. The summed E-state index contributed by atoms with van der Waals surface area (Å²) < 4.78 is 66.2. The van der Waals surface area contributed by atoms with Crippen LogP contribution in [0, 0.1) is 5.82 Å². The molecule has 1 fully saturated rings. The van der Waals surface area contributed by atoms with E-state index in [0.29, 0.717) is 26.1 Å². The van der Waals surface area contributed by atoms with Crippen molar-refractivity contribution in [3.8, 4) is 0 Å².